The molecule has 0 bridgehead atoms. The summed E-state index contributed by atoms with van der Waals surface area (Å²) in [5.41, 5.74) is 0.898. The van der Waals surface area contributed by atoms with Crippen molar-refractivity contribution < 1.29 is 33.4 Å². The fourth-order valence-corrected chi connectivity index (χ4v) is 4.99. The maximum absolute atomic E-state index is 12.9. The molecule has 1 aliphatic carbocycles. The molecule has 0 spiro atoms. The summed E-state index contributed by atoms with van der Waals surface area (Å²) >= 11 is 12.4. The number of ether oxygens (including phenoxy) is 3. The Hall–Kier alpha value is -3.30. The topological polar surface area (TPSA) is 111 Å². The molecule has 1 saturated carbocycles. The van der Waals surface area contributed by atoms with Crippen LogP contribution in [0.5, 0.6) is 11.5 Å². The van der Waals surface area contributed by atoms with Gasteiger partial charge in [-0.3, -0.25) is 19.3 Å². The van der Waals surface area contributed by atoms with Crippen molar-refractivity contribution in [1.82, 2.24) is 0 Å². The number of esters is 1. The second kappa shape index (κ2) is 10.8. The van der Waals surface area contributed by atoms with E-state index in [1.807, 2.05) is 0 Å². The number of fused-ring (bicyclic) bond motifs is 1. The quantitative estimate of drug-likeness (QED) is 0.328. The van der Waals surface area contributed by atoms with Crippen molar-refractivity contribution in [1.29, 1.82) is 0 Å². The number of benzene rings is 2. The van der Waals surface area contributed by atoms with E-state index in [4.69, 9.17) is 37.4 Å². The molecule has 1 heterocycles. The first-order chi connectivity index (χ1) is 17.2. The molecule has 2 aromatic rings. The predicted octanol–water partition coefficient (Wildman–Crippen LogP) is 3.61. The Balaban J connectivity index is 1.36. The summed E-state index contributed by atoms with van der Waals surface area (Å²) < 4.78 is 15.4. The normalized spacial score (nSPS) is 23.2. The molecule has 2 aromatic carbocycles. The van der Waals surface area contributed by atoms with Crippen molar-refractivity contribution in [3.8, 4) is 11.5 Å². The first-order valence-electron chi connectivity index (χ1n) is 11.2. The fourth-order valence-electron chi connectivity index (χ4n) is 4.40. The molecule has 0 aromatic heterocycles. The van der Waals surface area contributed by atoms with Crippen molar-refractivity contribution in [2.24, 2.45) is 11.8 Å². The molecule has 9 nitrogen and oxygen atoms in total. The van der Waals surface area contributed by atoms with Crippen LogP contribution in [0.15, 0.2) is 42.5 Å². The summed E-state index contributed by atoms with van der Waals surface area (Å²) in [4.78, 5) is 51.6. The third-order valence-electron chi connectivity index (χ3n) is 6.29. The average molecular weight is 535 g/mol. The minimum absolute atomic E-state index is 0.159. The number of carbonyl (C=O) groups excluding carboxylic acids is 4. The zero-order chi connectivity index (χ0) is 26.0. The monoisotopic (exact) mass is 534 g/mol. The van der Waals surface area contributed by atoms with Crippen molar-refractivity contribution in [2.45, 2.75) is 23.6 Å². The van der Waals surface area contributed by atoms with E-state index in [0.717, 1.165) is 4.90 Å². The summed E-state index contributed by atoms with van der Waals surface area (Å²) in [5, 5.41) is 1.87. The molecule has 4 atom stereocenters. The molecule has 1 saturated heterocycles. The third kappa shape index (κ3) is 5.12. The number of alkyl halides is 2. The molecule has 2 aliphatic rings. The van der Waals surface area contributed by atoms with Gasteiger partial charge in [0.1, 0.15) is 11.5 Å². The van der Waals surface area contributed by atoms with Crippen LogP contribution in [-0.2, 0) is 19.1 Å². The number of methoxy groups -OCH3 is 2. The Morgan fingerprint density at radius 1 is 0.944 bits per heavy atom. The average Bonchev–Trinajstić information content (AvgIpc) is 3.11. The van der Waals surface area contributed by atoms with Gasteiger partial charge >= 0.3 is 5.97 Å². The molecule has 2 fully saturated rings. The Bertz CT molecular complexity index is 1160. The standard InChI is InChI=1S/C25H24Cl2N2O7/c1-34-15-7-8-20(21(9-15)35-2)28-22(30)12-36-25(33)13-3-5-14(6-4-13)29-23(31)16-10-18(26)19(27)11-17(16)24(29)32/h3-9,16-19H,10-12H2,1-2H3,(H,28,30)/t16-,17+,18-,19-/m0/s1. The van der Waals surface area contributed by atoms with E-state index < -0.39 is 30.3 Å². The van der Waals surface area contributed by atoms with Crippen LogP contribution in [-0.4, -0.2) is 55.3 Å². The number of amides is 3. The van der Waals surface area contributed by atoms with E-state index >= 15 is 0 Å². The Morgan fingerprint density at radius 2 is 1.56 bits per heavy atom. The molecule has 0 radical (unpaired) electrons. The largest absolute Gasteiger partial charge is 0.497 e. The summed E-state index contributed by atoms with van der Waals surface area (Å²) in [6.45, 7) is -0.526. The van der Waals surface area contributed by atoms with Crippen LogP contribution in [0.25, 0.3) is 0 Å². The number of nitrogens with one attached hydrogen (secondary N) is 1. The van der Waals surface area contributed by atoms with Gasteiger partial charge in [-0.1, -0.05) is 0 Å². The molecule has 11 heteroatoms. The smallest absolute Gasteiger partial charge is 0.338 e. The van der Waals surface area contributed by atoms with Crippen LogP contribution in [0.4, 0.5) is 11.4 Å². The summed E-state index contributed by atoms with van der Waals surface area (Å²) in [6, 6.07) is 10.7. The highest BCUT2D eigenvalue weighted by molar-refractivity contribution is 6.31. The molecular weight excluding hydrogens is 511 g/mol. The van der Waals surface area contributed by atoms with E-state index in [0.29, 0.717) is 35.7 Å². The third-order valence-corrected chi connectivity index (χ3v) is 7.38. The lowest BCUT2D eigenvalue weighted by Gasteiger charge is -2.28. The number of halogens is 2. The van der Waals surface area contributed by atoms with Gasteiger partial charge in [-0.15, -0.1) is 23.2 Å². The lowest BCUT2D eigenvalue weighted by atomic mass is 9.80. The van der Waals surface area contributed by atoms with Crippen LogP contribution in [0.2, 0.25) is 0 Å². The van der Waals surface area contributed by atoms with E-state index in [1.54, 1.807) is 18.2 Å². The molecular formula is C25H24Cl2N2O7. The first-order valence-corrected chi connectivity index (χ1v) is 12.1. The molecule has 1 aliphatic heterocycles. The molecule has 190 valence electrons. The van der Waals surface area contributed by atoms with Gasteiger partial charge in [0.05, 0.1) is 53.7 Å². The lowest BCUT2D eigenvalue weighted by molar-refractivity contribution is -0.122. The lowest BCUT2D eigenvalue weighted by Crippen LogP contribution is -2.34. The van der Waals surface area contributed by atoms with Crippen LogP contribution in [0, 0.1) is 11.8 Å². The Morgan fingerprint density at radius 3 is 2.11 bits per heavy atom. The van der Waals surface area contributed by atoms with Crippen molar-refractivity contribution in [3.05, 3.63) is 48.0 Å². The fraction of sp³-hybridized carbons (Fsp3) is 0.360. The molecule has 36 heavy (non-hydrogen) atoms. The number of rotatable bonds is 7. The number of imide groups is 1. The van der Waals surface area contributed by atoms with Crippen LogP contribution in [0.3, 0.4) is 0 Å². The number of hydrogen-bond donors (Lipinski definition) is 1. The van der Waals surface area contributed by atoms with Crippen molar-refractivity contribution >= 4 is 58.3 Å². The number of nitrogens with zero attached hydrogens (tertiary/aromatic N) is 1. The van der Waals surface area contributed by atoms with Gasteiger partial charge < -0.3 is 19.5 Å². The minimum atomic E-state index is -0.735. The zero-order valence-corrected chi connectivity index (χ0v) is 21.0. The van der Waals surface area contributed by atoms with Crippen LogP contribution < -0.4 is 19.7 Å². The predicted molar refractivity (Wildman–Crippen MR) is 133 cm³/mol. The van der Waals surface area contributed by atoms with Gasteiger partial charge in [-0.05, 0) is 49.2 Å². The highest BCUT2D eigenvalue weighted by Gasteiger charge is 2.52. The van der Waals surface area contributed by atoms with Crippen LogP contribution >= 0.6 is 23.2 Å². The molecule has 1 N–H and O–H groups in total. The van der Waals surface area contributed by atoms with Crippen LogP contribution in [0.1, 0.15) is 23.2 Å². The number of hydrogen-bond acceptors (Lipinski definition) is 7. The SMILES string of the molecule is COc1ccc(NC(=O)COC(=O)c2ccc(N3C(=O)[C@H]4C[C@H](Cl)[C@@H](Cl)C[C@H]4C3=O)cc2)c(OC)c1. The van der Waals surface area contributed by atoms with Crippen molar-refractivity contribution in [2.75, 3.05) is 31.0 Å². The second-order valence-electron chi connectivity index (χ2n) is 8.47. The van der Waals surface area contributed by atoms with E-state index in [-0.39, 0.29) is 28.1 Å². The van der Waals surface area contributed by atoms with E-state index in [1.165, 1.54) is 38.5 Å². The van der Waals surface area contributed by atoms with E-state index in [9.17, 15) is 19.2 Å². The van der Waals surface area contributed by atoms with Gasteiger partial charge in [0.25, 0.3) is 5.91 Å². The van der Waals surface area contributed by atoms with Crippen molar-refractivity contribution in [3.63, 3.8) is 0 Å². The minimum Gasteiger partial charge on any atom is -0.497 e. The number of anilines is 2. The highest BCUT2D eigenvalue weighted by Crippen LogP contribution is 2.43. The van der Waals surface area contributed by atoms with Gasteiger partial charge in [-0.2, -0.15) is 0 Å². The van der Waals surface area contributed by atoms with Gasteiger partial charge in [-0.25, -0.2) is 4.79 Å². The second-order valence-corrected chi connectivity index (χ2v) is 9.59. The maximum atomic E-state index is 12.9. The first kappa shape index (κ1) is 25.8. The van der Waals surface area contributed by atoms with Gasteiger partial charge in [0.15, 0.2) is 6.61 Å². The molecule has 4 rings (SSSR count). The zero-order valence-electron chi connectivity index (χ0n) is 19.5. The highest BCUT2D eigenvalue weighted by atomic mass is 35.5. The van der Waals surface area contributed by atoms with Gasteiger partial charge in [0, 0.05) is 6.07 Å². The number of carbonyl (C=O) groups is 4. The summed E-state index contributed by atoms with van der Waals surface area (Å²) in [6.07, 6.45) is 0.687. The molecule has 0 unspecified atom stereocenters. The maximum Gasteiger partial charge on any atom is 0.338 e. The Labute approximate surface area is 217 Å². The molecule has 3 amide bonds. The summed E-state index contributed by atoms with van der Waals surface area (Å²) in [7, 11) is 2.96. The van der Waals surface area contributed by atoms with Gasteiger partial charge in [0.2, 0.25) is 11.8 Å². The Kier molecular flexibility index (Phi) is 7.70. The summed E-state index contributed by atoms with van der Waals surface area (Å²) in [5.74, 6) is -1.98. The van der Waals surface area contributed by atoms with E-state index in [2.05, 4.69) is 5.32 Å².